The predicted molar refractivity (Wildman–Crippen MR) is 361 cm³/mol. The molecule has 0 spiro atoms. The first-order valence-electron chi connectivity index (χ1n) is 31.6. The molecule has 3 heterocycles. The lowest BCUT2D eigenvalue weighted by atomic mass is 9.79. The molecule has 4 atom stereocenters. The van der Waals surface area contributed by atoms with Gasteiger partial charge in [0, 0.05) is 73.4 Å². The van der Waals surface area contributed by atoms with Crippen molar-refractivity contribution in [2.45, 2.75) is 150 Å². The van der Waals surface area contributed by atoms with Gasteiger partial charge >= 0.3 is 5.97 Å². The Labute approximate surface area is 552 Å². The highest BCUT2D eigenvalue weighted by Gasteiger charge is 2.46. The fourth-order valence-corrected chi connectivity index (χ4v) is 13.8. The molecule has 5 aromatic rings. The second-order valence-electron chi connectivity index (χ2n) is 24.9. The molecule has 13 N–H and O–H groups in total. The van der Waals surface area contributed by atoms with Gasteiger partial charge in [0.1, 0.15) is 30.7 Å². The fourth-order valence-electron chi connectivity index (χ4n) is 12.7. The van der Waals surface area contributed by atoms with E-state index in [9.17, 15) is 64.6 Å². The first-order chi connectivity index (χ1) is 45.0. The molecule has 0 aliphatic carbocycles. The number of rotatable bonds is 25. The van der Waals surface area contributed by atoms with Crippen molar-refractivity contribution in [3.05, 3.63) is 144 Å². The second kappa shape index (κ2) is 30.8. The number of amides is 6. The SMILES string of the molecule is CCN1/C(=C/C=C/C=C/C2=[N+](CCCCCC(=O)NCCCC[C@@H]3NC(=O)[C@@H](Cc4ccccc4)NC(=O)[C@H](CC(=O)O)NC(=O)CNC(=O)[C@H](CCCN=C(N)N)NC3=O)c3ccc4ccc(S(=O)(=O)O)cc4c3C2(C)C)C(C)(C)c2c1ccc1ccc(S(=O)(=O)O)cc21. The van der Waals surface area contributed by atoms with Crippen LogP contribution in [0.5, 0.6) is 0 Å². The maximum atomic E-state index is 14.2. The molecule has 6 amide bonds. The number of aliphatic imine (C=N–C) groups is 1. The highest BCUT2D eigenvalue weighted by molar-refractivity contribution is 7.86. The Hall–Kier alpha value is -9.31. The molecule has 95 heavy (non-hydrogen) atoms. The van der Waals surface area contributed by atoms with Crippen molar-refractivity contribution < 1.29 is 69.2 Å². The maximum Gasteiger partial charge on any atom is 0.305 e. The number of nitrogens with zero attached hydrogens (tertiary/aromatic N) is 3. The van der Waals surface area contributed by atoms with E-state index in [1.807, 2.05) is 61.6 Å². The zero-order valence-corrected chi connectivity index (χ0v) is 55.4. The van der Waals surface area contributed by atoms with Crippen molar-refractivity contribution in [2.75, 3.05) is 37.6 Å². The summed E-state index contributed by atoms with van der Waals surface area (Å²) in [6.07, 6.45) is 11.9. The number of benzene rings is 5. The van der Waals surface area contributed by atoms with Crippen LogP contribution < -0.4 is 48.3 Å². The van der Waals surface area contributed by atoms with Gasteiger partial charge in [-0.3, -0.25) is 47.7 Å². The highest BCUT2D eigenvalue weighted by atomic mass is 32.2. The number of anilines is 1. The summed E-state index contributed by atoms with van der Waals surface area (Å²) in [5.74, 6) is -6.03. The summed E-state index contributed by atoms with van der Waals surface area (Å²) in [6.45, 7) is 11.2. The monoisotopic (exact) mass is 1340 g/mol. The summed E-state index contributed by atoms with van der Waals surface area (Å²) in [5.41, 5.74) is 15.9. The molecule has 1 fully saturated rings. The Morgan fingerprint density at radius 3 is 1.93 bits per heavy atom. The molecule has 0 saturated carbocycles. The maximum absolute atomic E-state index is 14.2. The fraction of sp³-hybridized carbons (Fsp3) is 0.397. The van der Waals surface area contributed by atoms with E-state index in [4.69, 9.17) is 11.5 Å². The molecule has 0 radical (unpaired) electrons. The molecule has 8 rings (SSSR count). The summed E-state index contributed by atoms with van der Waals surface area (Å²) in [6, 6.07) is 20.2. The number of hydrogen-bond acceptors (Lipinski definition) is 13. The second-order valence-corrected chi connectivity index (χ2v) is 27.7. The van der Waals surface area contributed by atoms with Crippen molar-refractivity contribution >= 4 is 106 Å². The van der Waals surface area contributed by atoms with Crippen LogP contribution in [0.25, 0.3) is 21.5 Å². The highest BCUT2D eigenvalue weighted by Crippen LogP contribution is 2.51. The quantitative estimate of drug-likeness (QED) is 0.00874. The number of allylic oxidation sites excluding steroid dienone is 6. The third-order valence-electron chi connectivity index (χ3n) is 17.4. The van der Waals surface area contributed by atoms with Crippen molar-refractivity contribution in [1.82, 2.24) is 31.9 Å². The zero-order chi connectivity index (χ0) is 69.0. The van der Waals surface area contributed by atoms with Crippen LogP contribution in [0, 0.1) is 0 Å². The number of likely N-dealkylation sites (N-methyl/N-ethyl adjacent to an activating group) is 1. The van der Waals surface area contributed by atoms with Gasteiger partial charge in [-0.1, -0.05) is 80.6 Å². The lowest BCUT2D eigenvalue weighted by Crippen LogP contribution is -2.58. The lowest BCUT2D eigenvalue weighted by molar-refractivity contribution is -0.438. The molecule has 506 valence electrons. The van der Waals surface area contributed by atoms with Crippen LogP contribution in [0.15, 0.2) is 142 Å². The molecule has 0 aromatic heterocycles. The summed E-state index contributed by atoms with van der Waals surface area (Å²) in [5, 5.41) is 28.3. The van der Waals surface area contributed by atoms with E-state index in [0.717, 1.165) is 50.1 Å². The van der Waals surface area contributed by atoms with E-state index in [-0.39, 0.29) is 66.9 Å². The van der Waals surface area contributed by atoms with Gasteiger partial charge in [-0.25, -0.2) is 0 Å². The number of fused-ring (bicyclic) bond motifs is 6. The van der Waals surface area contributed by atoms with Crippen molar-refractivity contribution in [2.24, 2.45) is 16.5 Å². The van der Waals surface area contributed by atoms with Gasteiger partial charge in [-0.2, -0.15) is 21.4 Å². The third kappa shape index (κ3) is 17.7. The standard InChI is InChI=1S/C68H83N11O14S2/c1-6-78-53-32-28-43-26-30-45(94(88,89)90)38-47(43)60(53)67(2,3)55(78)23-12-8-13-24-56-68(4,5)61-48-39-46(95(91,92)93)31-27-44(48)29-33-54(61)79(56)36-17-9-14-25-57(80)71-34-16-15-21-50-63(85)75-49(22-18-35-72-66(69)70)62(84)73-41-58(81)74-52(40-59(82)83)65(87)77-51(64(86)76-50)37-42-19-10-7-11-20-42/h7-8,10-13,19-20,23-24,26-33,38-39,49-52H,6,9,14-18,21-22,25,34-37,40-41H2,1-5H3,(H12-,69,70,71,72,73,74,75,76,77,80,81,82,83,84,85,86,87,88,89,90,91,92,93)/p+1/t49-,50-,51+,52-/m0/s1. The van der Waals surface area contributed by atoms with Crippen molar-refractivity contribution in [3.63, 3.8) is 0 Å². The Morgan fingerprint density at radius 2 is 1.28 bits per heavy atom. The van der Waals surface area contributed by atoms with Crippen LogP contribution in [0.3, 0.4) is 0 Å². The predicted octanol–water partition coefficient (Wildman–Crippen LogP) is 5.36. The normalized spacial score (nSPS) is 19.8. The number of hydrogen-bond donors (Lipinski definition) is 11. The topological polar surface area (TPSA) is 391 Å². The summed E-state index contributed by atoms with van der Waals surface area (Å²) in [7, 11) is -8.98. The van der Waals surface area contributed by atoms with Crippen molar-refractivity contribution in [1.29, 1.82) is 0 Å². The van der Waals surface area contributed by atoms with E-state index in [1.165, 1.54) is 24.3 Å². The van der Waals surface area contributed by atoms with Gasteiger partial charge in [0.05, 0.1) is 28.2 Å². The van der Waals surface area contributed by atoms with Crippen molar-refractivity contribution in [3.8, 4) is 0 Å². The molecular weight excluding hydrogens is 1260 g/mol. The number of nitrogens with two attached hydrogens (primary N) is 2. The van der Waals surface area contributed by atoms with Crippen LogP contribution in [-0.4, -0.2) is 146 Å². The number of carbonyl (C=O) groups excluding carboxylic acids is 6. The van der Waals surface area contributed by atoms with Gasteiger partial charge in [0.2, 0.25) is 41.1 Å². The Morgan fingerprint density at radius 1 is 0.684 bits per heavy atom. The first-order valence-corrected chi connectivity index (χ1v) is 34.5. The number of carboxylic acid groups (broad SMARTS) is 1. The molecule has 0 bridgehead atoms. The molecule has 25 nitrogen and oxygen atoms in total. The Kier molecular flexibility index (Phi) is 23.2. The average Bonchev–Trinajstić information content (AvgIpc) is 1.59. The first kappa shape index (κ1) is 71.5. The molecular formula is C68H84N11O14S2+. The van der Waals surface area contributed by atoms with Crippen LogP contribution in [0.4, 0.5) is 11.4 Å². The lowest BCUT2D eigenvalue weighted by Gasteiger charge is -2.26. The van der Waals surface area contributed by atoms with Gasteiger partial charge in [-0.15, -0.1) is 0 Å². The molecule has 27 heteroatoms. The van der Waals surface area contributed by atoms with Gasteiger partial charge in [0.25, 0.3) is 20.2 Å². The Balaban J connectivity index is 0.937. The van der Waals surface area contributed by atoms with Gasteiger partial charge in [0.15, 0.2) is 11.7 Å². The molecule has 3 aliphatic rings. The molecule has 1 saturated heterocycles. The number of guanidine groups is 1. The van der Waals surface area contributed by atoms with Crippen LogP contribution >= 0.6 is 0 Å². The molecule has 0 unspecified atom stereocenters. The molecule has 3 aliphatic heterocycles. The zero-order valence-electron chi connectivity index (χ0n) is 53.8. The van der Waals surface area contributed by atoms with Crippen LogP contribution in [-0.2, 0) is 71.0 Å². The summed E-state index contributed by atoms with van der Waals surface area (Å²) in [4.78, 5) is 99.6. The number of carbonyl (C=O) groups is 7. The third-order valence-corrected chi connectivity index (χ3v) is 19.1. The average molecular weight is 1340 g/mol. The minimum atomic E-state index is -4.53. The Bertz CT molecular complexity index is 4180. The smallest absolute Gasteiger partial charge is 0.305 e. The van der Waals surface area contributed by atoms with Crippen LogP contribution in [0.1, 0.15) is 116 Å². The number of carboxylic acids is 1. The van der Waals surface area contributed by atoms with E-state index in [2.05, 4.69) is 74.1 Å². The minimum Gasteiger partial charge on any atom is -0.481 e. The van der Waals surface area contributed by atoms with E-state index < -0.39 is 104 Å². The number of unbranched alkanes of at least 4 members (excludes halogenated alkanes) is 3. The number of aliphatic carboxylic acids is 1. The van der Waals surface area contributed by atoms with E-state index in [0.29, 0.717) is 56.1 Å². The van der Waals surface area contributed by atoms with Gasteiger partial charge < -0.3 is 53.4 Å². The minimum absolute atomic E-state index is 0.00437. The number of nitrogens with one attached hydrogen (secondary N) is 6. The summed E-state index contributed by atoms with van der Waals surface area (Å²) < 4.78 is 71.6. The van der Waals surface area contributed by atoms with E-state index in [1.54, 1.807) is 42.5 Å². The largest absolute Gasteiger partial charge is 0.481 e. The van der Waals surface area contributed by atoms with Gasteiger partial charge in [-0.05, 0) is 141 Å². The summed E-state index contributed by atoms with van der Waals surface area (Å²) >= 11 is 0. The molecule has 5 aromatic carbocycles. The van der Waals surface area contributed by atoms with Crippen LogP contribution in [0.2, 0.25) is 0 Å². The van der Waals surface area contributed by atoms with E-state index >= 15 is 0 Å².